The molecule has 1 unspecified atom stereocenters. The Morgan fingerprint density at radius 3 is 2.77 bits per heavy atom. The fourth-order valence-electron chi connectivity index (χ4n) is 3.74. The molecule has 1 aromatic heterocycles. The predicted octanol–water partition coefficient (Wildman–Crippen LogP) is 3.06. The van der Waals surface area contributed by atoms with Gasteiger partial charge in [-0.2, -0.15) is 28.6 Å². The van der Waals surface area contributed by atoms with Crippen LogP contribution in [0.1, 0.15) is 24.5 Å². The largest absolute Gasteiger partial charge is 0.420 e. The van der Waals surface area contributed by atoms with Crippen molar-refractivity contribution < 1.29 is 18.0 Å². The summed E-state index contributed by atoms with van der Waals surface area (Å²) in [6, 6.07) is 3.27. The molecule has 0 saturated heterocycles. The van der Waals surface area contributed by atoms with Crippen molar-refractivity contribution in [1.29, 1.82) is 0 Å². The molecule has 0 aliphatic heterocycles. The number of halogens is 3. The number of hydrogen-bond donors (Lipinski definition) is 1. The number of aromatic nitrogens is 3. The lowest BCUT2D eigenvalue weighted by Gasteiger charge is -2.28. The summed E-state index contributed by atoms with van der Waals surface area (Å²) < 4.78 is 40.3. The van der Waals surface area contributed by atoms with E-state index in [9.17, 15) is 18.0 Å². The van der Waals surface area contributed by atoms with Crippen LogP contribution in [0.5, 0.6) is 0 Å². The van der Waals surface area contributed by atoms with Crippen molar-refractivity contribution in [3.8, 4) is 0 Å². The van der Waals surface area contributed by atoms with Gasteiger partial charge in [0.25, 0.3) is 0 Å². The molecule has 0 amide bonds. The van der Waals surface area contributed by atoms with E-state index in [-0.39, 0.29) is 11.5 Å². The summed E-state index contributed by atoms with van der Waals surface area (Å²) in [5.74, 6) is -1.68. The van der Waals surface area contributed by atoms with Crippen LogP contribution in [-0.2, 0) is 11.2 Å². The second-order valence-corrected chi connectivity index (χ2v) is 5.97. The molecule has 0 spiro atoms. The molecule has 2 aliphatic rings. The molecule has 1 N–H and O–H groups in total. The van der Waals surface area contributed by atoms with Gasteiger partial charge in [0, 0.05) is 5.92 Å². The van der Waals surface area contributed by atoms with Crippen LogP contribution < -0.4 is 0 Å². The molecule has 2 atom stereocenters. The SMILES string of the molecule is C[C@@H]1CC2Cc3c(ccc4n[nH]nc34)C2=C(C(F)(F)F)C1=O. The molecule has 1 aromatic carbocycles. The first-order valence-corrected chi connectivity index (χ1v) is 7.06. The van der Waals surface area contributed by atoms with Gasteiger partial charge in [0.2, 0.25) is 0 Å². The van der Waals surface area contributed by atoms with Gasteiger partial charge in [-0.15, -0.1) is 0 Å². The number of rotatable bonds is 0. The van der Waals surface area contributed by atoms with E-state index in [2.05, 4.69) is 15.4 Å². The monoisotopic (exact) mass is 307 g/mol. The van der Waals surface area contributed by atoms with Crippen molar-refractivity contribution in [3.63, 3.8) is 0 Å². The van der Waals surface area contributed by atoms with Gasteiger partial charge in [-0.3, -0.25) is 4.79 Å². The van der Waals surface area contributed by atoms with Crippen LogP contribution in [0.15, 0.2) is 17.7 Å². The summed E-state index contributed by atoms with van der Waals surface area (Å²) in [4.78, 5) is 12.1. The number of ketones is 1. The highest BCUT2D eigenvalue weighted by molar-refractivity contribution is 6.08. The smallest absolute Gasteiger partial charge is 0.294 e. The molecule has 0 bridgehead atoms. The summed E-state index contributed by atoms with van der Waals surface area (Å²) in [6.45, 7) is 1.57. The number of benzene rings is 1. The number of allylic oxidation sites excluding steroid dienone is 2. The topological polar surface area (TPSA) is 58.6 Å². The van der Waals surface area contributed by atoms with Crippen LogP contribution >= 0.6 is 0 Å². The van der Waals surface area contributed by atoms with Crippen LogP contribution in [0.25, 0.3) is 16.6 Å². The lowest BCUT2D eigenvalue weighted by Crippen LogP contribution is -2.32. The highest BCUT2D eigenvalue weighted by Crippen LogP contribution is 2.51. The van der Waals surface area contributed by atoms with Crippen molar-refractivity contribution in [2.45, 2.75) is 25.9 Å². The Balaban J connectivity index is 2.04. The zero-order chi connectivity index (χ0) is 15.6. The molecular weight excluding hydrogens is 295 g/mol. The minimum Gasteiger partial charge on any atom is -0.294 e. The average Bonchev–Trinajstić information content (AvgIpc) is 3.01. The van der Waals surface area contributed by atoms with Crippen molar-refractivity contribution >= 4 is 22.4 Å². The number of nitrogens with one attached hydrogen (secondary N) is 1. The van der Waals surface area contributed by atoms with E-state index in [0.29, 0.717) is 29.4 Å². The van der Waals surface area contributed by atoms with Crippen LogP contribution in [0.4, 0.5) is 13.2 Å². The summed E-state index contributed by atoms with van der Waals surface area (Å²) in [7, 11) is 0. The van der Waals surface area contributed by atoms with Gasteiger partial charge in [-0.25, -0.2) is 0 Å². The summed E-state index contributed by atoms with van der Waals surface area (Å²) >= 11 is 0. The number of hydrogen-bond acceptors (Lipinski definition) is 3. The van der Waals surface area contributed by atoms with Gasteiger partial charge < -0.3 is 0 Å². The third-order valence-electron chi connectivity index (χ3n) is 4.63. The number of fused-ring (bicyclic) bond motifs is 5. The lowest BCUT2D eigenvalue weighted by molar-refractivity contribution is -0.132. The van der Waals surface area contributed by atoms with Crippen molar-refractivity contribution in [3.05, 3.63) is 28.8 Å². The summed E-state index contributed by atoms with van der Waals surface area (Å²) in [5, 5.41) is 10.5. The fraction of sp³-hybridized carbons (Fsp3) is 0.400. The third kappa shape index (κ3) is 1.68. The van der Waals surface area contributed by atoms with Crippen molar-refractivity contribution in [2.24, 2.45) is 11.8 Å². The first kappa shape index (κ1) is 13.5. The molecule has 4 rings (SSSR count). The second-order valence-electron chi connectivity index (χ2n) is 5.97. The molecule has 0 fully saturated rings. The highest BCUT2D eigenvalue weighted by Gasteiger charge is 2.49. The predicted molar refractivity (Wildman–Crippen MR) is 72.8 cm³/mol. The van der Waals surface area contributed by atoms with E-state index in [1.807, 2.05) is 0 Å². The Hall–Kier alpha value is -2.18. The first-order valence-electron chi connectivity index (χ1n) is 7.06. The molecule has 7 heteroatoms. The van der Waals surface area contributed by atoms with Crippen molar-refractivity contribution in [2.75, 3.05) is 0 Å². The quantitative estimate of drug-likeness (QED) is 0.814. The standard InChI is InChI=1S/C15H12F3N3O/c1-6-4-7-5-9-8(2-3-10-13(9)20-21-19-10)11(7)12(14(6)22)15(16,17)18/h2-3,6-7H,4-5H2,1H3,(H,19,20,21)/t6-,7?/m1/s1. The minimum absolute atomic E-state index is 0.149. The molecule has 22 heavy (non-hydrogen) atoms. The number of carbonyl (C=O) groups is 1. The van der Waals surface area contributed by atoms with Crippen LogP contribution in [0, 0.1) is 11.8 Å². The van der Waals surface area contributed by atoms with E-state index in [1.165, 1.54) is 0 Å². The molecule has 1 heterocycles. The summed E-state index contributed by atoms with van der Waals surface area (Å²) in [5.41, 5.74) is 1.66. The van der Waals surface area contributed by atoms with Gasteiger partial charge in [-0.05, 0) is 41.5 Å². The molecule has 114 valence electrons. The Kier molecular flexibility index (Phi) is 2.56. The number of aromatic amines is 1. The number of Topliss-reactive ketones (excluding diaryl/α,β-unsaturated/α-hetero) is 1. The Bertz CT molecular complexity index is 834. The normalized spacial score (nSPS) is 24.8. The van der Waals surface area contributed by atoms with E-state index < -0.39 is 23.5 Å². The lowest BCUT2D eigenvalue weighted by atomic mass is 9.76. The number of H-pyrrole nitrogens is 1. The molecule has 0 radical (unpaired) electrons. The zero-order valence-electron chi connectivity index (χ0n) is 11.7. The van der Waals surface area contributed by atoms with Crippen molar-refractivity contribution in [1.82, 2.24) is 15.4 Å². The third-order valence-corrected chi connectivity index (χ3v) is 4.63. The van der Waals surface area contributed by atoms with E-state index in [0.717, 1.165) is 5.56 Å². The second kappa shape index (κ2) is 4.18. The van der Waals surface area contributed by atoms with Gasteiger partial charge in [-0.1, -0.05) is 13.0 Å². The Morgan fingerprint density at radius 2 is 2.05 bits per heavy atom. The van der Waals surface area contributed by atoms with E-state index in [1.54, 1.807) is 19.1 Å². The van der Waals surface area contributed by atoms with Crippen LogP contribution in [0.3, 0.4) is 0 Å². The van der Waals surface area contributed by atoms with Gasteiger partial charge in [0.05, 0.1) is 0 Å². The van der Waals surface area contributed by atoms with Gasteiger partial charge >= 0.3 is 6.18 Å². The maximum atomic E-state index is 13.4. The molecule has 2 aliphatic carbocycles. The maximum Gasteiger partial charge on any atom is 0.420 e. The molecular formula is C15H12F3N3O. The zero-order valence-corrected chi connectivity index (χ0v) is 11.7. The molecule has 4 nitrogen and oxygen atoms in total. The maximum absolute atomic E-state index is 13.4. The van der Waals surface area contributed by atoms with E-state index >= 15 is 0 Å². The van der Waals surface area contributed by atoms with Gasteiger partial charge in [0.1, 0.15) is 16.6 Å². The molecule has 0 saturated carbocycles. The summed E-state index contributed by atoms with van der Waals surface area (Å²) in [6.07, 6.45) is -3.70. The fourth-order valence-corrected chi connectivity index (χ4v) is 3.74. The van der Waals surface area contributed by atoms with Crippen LogP contribution in [-0.4, -0.2) is 27.4 Å². The van der Waals surface area contributed by atoms with E-state index in [4.69, 9.17) is 0 Å². The first-order chi connectivity index (χ1) is 10.4. The Morgan fingerprint density at radius 1 is 1.27 bits per heavy atom. The number of alkyl halides is 3. The van der Waals surface area contributed by atoms with Crippen LogP contribution in [0.2, 0.25) is 0 Å². The Labute approximate surface area is 123 Å². The highest BCUT2D eigenvalue weighted by atomic mass is 19.4. The minimum atomic E-state index is -4.63. The number of carbonyl (C=O) groups excluding carboxylic acids is 1. The average molecular weight is 307 g/mol. The number of nitrogens with zero attached hydrogens (tertiary/aromatic N) is 2. The van der Waals surface area contributed by atoms with Gasteiger partial charge in [0.15, 0.2) is 5.78 Å². The molecule has 2 aromatic rings.